The van der Waals surface area contributed by atoms with Gasteiger partial charge in [0.15, 0.2) is 5.76 Å². The van der Waals surface area contributed by atoms with Gasteiger partial charge < -0.3 is 4.42 Å². The maximum absolute atomic E-state index is 12.8. The van der Waals surface area contributed by atoms with Gasteiger partial charge in [-0.05, 0) is 49.3 Å². The molecule has 3 rings (SSSR count). The van der Waals surface area contributed by atoms with E-state index in [1.807, 2.05) is 0 Å². The summed E-state index contributed by atoms with van der Waals surface area (Å²) in [6.07, 6.45) is 7.08. The summed E-state index contributed by atoms with van der Waals surface area (Å²) in [5, 5.41) is 3.88. The number of hydrogen-bond donors (Lipinski definition) is 0. The lowest BCUT2D eigenvalue weighted by Gasteiger charge is -2.27. The Hall–Kier alpha value is -2.02. The molecule has 0 N–H and O–H groups in total. The molecule has 0 radical (unpaired) electrons. The van der Waals surface area contributed by atoms with Crippen molar-refractivity contribution in [3.8, 4) is 0 Å². The average Bonchev–Trinajstić information content (AvgIpc) is 3.24. The van der Waals surface area contributed by atoms with E-state index in [0.29, 0.717) is 23.0 Å². The number of hydrogen-bond acceptors (Lipinski definition) is 6. The average molecular weight is 333 g/mol. The molecule has 1 fully saturated rings. The summed E-state index contributed by atoms with van der Waals surface area (Å²) in [5.74, 6) is -0.181. The van der Waals surface area contributed by atoms with Gasteiger partial charge in [-0.15, -0.1) is 5.10 Å². The molecule has 0 unspecified atom stereocenters. The first-order chi connectivity index (χ1) is 11.2. The van der Waals surface area contributed by atoms with Gasteiger partial charge in [-0.25, -0.2) is 0 Å². The number of nitrogens with zero attached hydrogens (tertiary/aromatic N) is 3. The van der Waals surface area contributed by atoms with Crippen molar-refractivity contribution in [1.82, 2.24) is 14.5 Å². The third-order valence-corrected chi connectivity index (χ3v) is 5.05. The van der Waals surface area contributed by atoms with Crippen molar-refractivity contribution in [1.29, 1.82) is 0 Å². The van der Waals surface area contributed by atoms with Crippen LogP contribution in [-0.4, -0.2) is 32.8 Å². The van der Waals surface area contributed by atoms with Crippen LogP contribution in [0, 0.1) is 12.8 Å². The minimum Gasteiger partial charge on any atom is -0.459 e. The van der Waals surface area contributed by atoms with E-state index < -0.39 is 5.91 Å². The summed E-state index contributed by atoms with van der Waals surface area (Å²) in [6.45, 7) is 2.16. The molecule has 23 heavy (non-hydrogen) atoms. The Balaban J connectivity index is 1.84. The highest BCUT2D eigenvalue weighted by atomic mass is 32.1. The predicted octanol–water partition coefficient (Wildman–Crippen LogP) is 3.30. The van der Waals surface area contributed by atoms with E-state index in [-0.39, 0.29) is 11.7 Å². The highest BCUT2D eigenvalue weighted by molar-refractivity contribution is 7.08. The first kappa shape index (κ1) is 15.9. The number of aryl methyl sites for hydroxylation is 1. The van der Waals surface area contributed by atoms with E-state index in [0.717, 1.165) is 37.2 Å². The first-order valence-electron chi connectivity index (χ1n) is 7.85. The number of carbonyl (C=O) groups is 2. The molecule has 7 heteroatoms. The van der Waals surface area contributed by atoms with Crippen molar-refractivity contribution in [3.05, 3.63) is 34.7 Å². The predicted molar refractivity (Wildman–Crippen MR) is 85.3 cm³/mol. The molecule has 2 aromatic rings. The molecule has 0 spiro atoms. The van der Waals surface area contributed by atoms with Crippen LogP contribution < -0.4 is 0 Å². The van der Waals surface area contributed by atoms with Gasteiger partial charge in [-0.1, -0.05) is 23.8 Å². The summed E-state index contributed by atoms with van der Waals surface area (Å²) in [7, 11) is 0. The van der Waals surface area contributed by atoms with Crippen LogP contribution in [0.15, 0.2) is 22.8 Å². The lowest BCUT2D eigenvalue weighted by molar-refractivity contribution is 0.0561. The van der Waals surface area contributed by atoms with Crippen LogP contribution in [0.25, 0.3) is 0 Å². The van der Waals surface area contributed by atoms with Gasteiger partial charge in [0.05, 0.1) is 12.0 Å². The fourth-order valence-electron chi connectivity index (χ4n) is 2.97. The number of imide groups is 1. The Labute approximate surface area is 138 Å². The zero-order chi connectivity index (χ0) is 16.2. The number of furan rings is 1. The third-order valence-electron chi connectivity index (χ3n) is 4.23. The van der Waals surface area contributed by atoms with Crippen LogP contribution in [0.2, 0.25) is 0 Å². The number of rotatable bonds is 4. The Bertz CT molecular complexity index is 675. The molecule has 122 valence electrons. The highest BCUT2D eigenvalue weighted by Crippen LogP contribution is 2.26. The van der Waals surface area contributed by atoms with E-state index in [9.17, 15) is 9.59 Å². The lowest BCUT2D eigenvalue weighted by Crippen LogP contribution is -2.40. The quantitative estimate of drug-likeness (QED) is 0.802. The van der Waals surface area contributed by atoms with Crippen molar-refractivity contribution in [2.75, 3.05) is 6.54 Å². The summed E-state index contributed by atoms with van der Waals surface area (Å²) >= 11 is 1.03. The van der Waals surface area contributed by atoms with Crippen LogP contribution in [0.4, 0.5) is 0 Å². The minimum atomic E-state index is -0.390. The van der Waals surface area contributed by atoms with Gasteiger partial charge in [0, 0.05) is 6.54 Å². The molecule has 2 amide bonds. The fraction of sp³-hybridized carbons (Fsp3) is 0.500. The maximum Gasteiger partial charge on any atom is 0.296 e. The van der Waals surface area contributed by atoms with Gasteiger partial charge in [-0.2, -0.15) is 0 Å². The maximum atomic E-state index is 12.8. The molecule has 2 aromatic heterocycles. The molecule has 0 atom stereocenters. The van der Waals surface area contributed by atoms with Crippen LogP contribution in [0.3, 0.4) is 0 Å². The molecule has 1 saturated carbocycles. The Kier molecular flexibility index (Phi) is 4.85. The molecule has 0 aromatic carbocycles. The minimum absolute atomic E-state index is 0.185. The Morgan fingerprint density at radius 2 is 2.09 bits per heavy atom. The van der Waals surface area contributed by atoms with Crippen LogP contribution in [-0.2, 0) is 0 Å². The van der Waals surface area contributed by atoms with Gasteiger partial charge >= 0.3 is 0 Å². The van der Waals surface area contributed by atoms with Gasteiger partial charge in [0.1, 0.15) is 4.88 Å². The van der Waals surface area contributed by atoms with Gasteiger partial charge in [0.25, 0.3) is 11.8 Å². The van der Waals surface area contributed by atoms with Crippen molar-refractivity contribution < 1.29 is 14.0 Å². The Morgan fingerprint density at radius 3 is 2.70 bits per heavy atom. The Morgan fingerprint density at radius 1 is 1.30 bits per heavy atom. The van der Waals surface area contributed by atoms with E-state index in [1.54, 1.807) is 19.1 Å². The second-order valence-corrected chi connectivity index (χ2v) is 6.64. The molecule has 0 saturated heterocycles. The number of amides is 2. The van der Waals surface area contributed by atoms with Crippen molar-refractivity contribution in [3.63, 3.8) is 0 Å². The largest absolute Gasteiger partial charge is 0.459 e. The van der Waals surface area contributed by atoms with Crippen molar-refractivity contribution in [2.45, 2.75) is 39.0 Å². The third kappa shape index (κ3) is 3.50. The molecule has 0 aliphatic heterocycles. The summed E-state index contributed by atoms with van der Waals surface area (Å²) < 4.78 is 9.00. The van der Waals surface area contributed by atoms with Crippen molar-refractivity contribution in [2.24, 2.45) is 5.92 Å². The molecule has 2 heterocycles. The molecule has 0 bridgehead atoms. The molecule has 1 aliphatic rings. The highest BCUT2D eigenvalue weighted by Gasteiger charge is 2.31. The standard InChI is InChI=1S/C16H19N3O3S/c1-11-14(23-18-17-11)16(21)19(10-12-6-3-2-4-7-12)15(20)13-8-5-9-22-13/h5,8-9,12H,2-4,6-7,10H2,1H3. The van der Waals surface area contributed by atoms with Crippen molar-refractivity contribution >= 4 is 23.3 Å². The van der Waals surface area contributed by atoms with E-state index in [4.69, 9.17) is 4.42 Å². The zero-order valence-corrected chi connectivity index (χ0v) is 13.8. The molecular weight excluding hydrogens is 314 g/mol. The number of aromatic nitrogens is 2. The van der Waals surface area contributed by atoms with E-state index in [2.05, 4.69) is 9.59 Å². The van der Waals surface area contributed by atoms with E-state index in [1.165, 1.54) is 17.6 Å². The summed E-state index contributed by atoms with van der Waals surface area (Å²) in [4.78, 5) is 27.3. The topological polar surface area (TPSA) is 76.3 Å². The summed E-state index contributed by atoms with van der Waals surface area (Å²) in [6, 6.07) is 3.23. The lowest BCUT2D eigenvalue weighted by atomic mass is 9.89. The number of carbonyl (C=O) groups excluding carboxylic acids is 2. The zero-order valence-electron chi connectivity index (χ0n) is 13.0. The first-order valence-corrected chi connectivity index (χ1v) is 8.63. The van der Waals surface area contributed by atoms with Crippen LogP contribution >= 0.6 is 11.5 Å². The summed E-state index contributed by atoms with van der Waals surface area (Å²) in [5.41, 5.74) is 0.556. The van der Waals surface area contributed by atoms with E-state index >= 15 is 0 Å². The van der Waals surface area contributed by atoms with Crippen LogP contribution in [0.5, 0.6) is 0 Å². The monoisotopic (exact) mass is 333 g/mol. The van der Waals surface area contributed by atoms with Gasteiger partial charge in [-0.3, -0.25) is 14.5 Å². The molecular formula is C16H19N3O3S. The fourth-order valence-corrected chi connectivity index (χ4v) is 3.58. The smallest absolute Gasteiger partial charge is 0.296 e. The van der Waals surface area contributed by atoms with Crippen LogP contribution in [0.1, 0.15) is 58.0 Å². The van der Waals surface area contributed by atoms with Gasteiger partial charge in [0.2, 0.25) is 0 Å². The second kappa shape index (κ2) is 7.04. The normalized spacial score (nSPS) is 15.5. The molecule has 6 nitrogen and oxygen atoms in total. The SMILES string of the molecule is Cc1nnsc1C(=O)N(CC1CCCCC1)C(=O)c1ccco1. The second-order valence-electron chi connectivity index (χ2n) is 5.89. The molecule has 1 aliphatic carbocycles.